The number of rotatable bonds is 4. The number of nitrogens with one attached hydrogen (secondary N) is 1. The number of carbonyl (C=O) groups excluding carboxylic acids is 1. The summed E-state index contributed by atoms with van der Waals surface area (Å²) in [6.07, 6.45) is 0. The SMILES string of the molecule is COc1csc(C(=O)Nc2sccc2C(=O)O)c1. The molecule has 0 fully saturated rings. The van der Waals surface area contributed by atoms with Crippen molar-refractivity contribution in [3.63, 3.8) is 0 Å². The van der Waals surface area contributed by atoms with Gasteiger partial charge in [0.15, 0.2) is 0 Å². The summed E-state index contributed by atoms with van der Waals surface area (Å²) in [4.78, 5) is 23.2. The van der Waals surface area contributed by atoms with E-state index in [-0.39, 0.29) is 11.5 Å². The lowest BCUT2D eigenvalue weighted by molar-refractivity contribution is 0.0698. The molecule has 7 heteroatoms. The first kappa shape index (κ1) is 12.6. The topological polar surface area (TPSA) is 75.6 Å². The molecule has 1 amide bonds. The predicted molar refractivity (Wildman–Crippen MR) is 70.1 cm³/mol. The monoisotopic (exact) mass is 283 g/mol. The maximum absolute atomic E-state index is 11.9. The third kappa shape index (κ3) is 2.52. The van der Waals surface area contributed by atoms with E-state index in [1.54, 1.807) is 16.8 Å². The zero-order valence-electron chi connectivity index (χ0n) is 9.30. The smallest absolute Gasteiger partial charge is 0.338 e. The molecule has 0 aliphatic rings. The number of carboxylic acid groups (broad SMARTS) is 1. The van der Waals surface area contributed by atoms with Crippen LogP contribution < -0.4 is 10.1 Å². The van der Waals surface area contributed by atoms with Gasteiger partial charge >= 0.3 is 5.97 Å². The molecular formula is C11H9NO4S2. The lowest BCUT2D eigenvalue weighted by atomic mass is 10.3. The number of methoxy groups -OCH3 is 1. The van der Waals surface area contributed by atoms with E-state index in [1.165, 1.54) is 35.8 Å². The summed E-state index contributed by atoms with van der Waals surface area (Å²) in [6, 6.07) is 3.06. The van der Waals surface area contributed by atoms with Crippen LogP contribution in [0, 0.1) is 0 Å². The van der Waals surface area contributed by atoms with Crippen molar-refractivity contribution in [2.24, 2.45) is 0 Å². The van der Waals surface area contributed by atoms with Crippen LogP contribution in [0.25, 0.3) is 0 Å². The molecule has 0 spiro atoms. The second kappa shape index (κ2) is 5.19. The lowest BCUT2D eigenvalue weighted by Crippen LogP contribution is -2.11. The van der Waals surface area contributed by atoms with Crippen molar-refractivity contribution in [2.45, 2.75) is 0 Å². The standard InChI is InChI=1S/C11H9NO4S2/c1-16-6-4-8(18-5-6)9(13)12-10-7(11(14)15)2-3-17-10/h2-5H,1H3,(H,12,13)(H,14,15). The summed E-state index contributed by atoms with van der Waals surface area (Å²) in [5.41, 5.74) is 0.0943. The van der Waals surface area contributed by atoms with Crippen molar-refractivity contribution in [3.8, 4) is 5.75 Å². The van der Waals surface area contributed by atoms with Crippen molar-refractivity contribution < 1.29 is 19.4 Å². The van der Waals surface area contributed by atoms with Crippen LogP contribution in [0.15, 0.2) is 22.9 Å². The van der Waals surface area contributed by atoms with Crippen LogP contribution in [0.2, 0.25) is 0 Å². The van der Waals surface area contributed by atoms with Crippen LogP contribution in [0.1, 0.15) is 20.0 Å². The molecule has 0 bridgehead atoms. The molecule has 0 aliphatic carbocycles. The molecule has 0 aliphatic heterocycles. The quantitative estimate of drug-likeness (QED) is 0.904. The van der Waals surface area contributed by atoms with Gasteiger partial charge in [0.05, 0.1) is 17.6 Å². The highest BCUT2D eigenvalue weighted by Crippen LogP contribution is 2.26. The first-order valence-electron chi connectivity index (χ1n) is 4.86. The van der Waals surface area contributed by atoms with Gasteiger partial charge in [0.2, 0.25) is 0 Å². The molecular weight excluding hydrogens is 274 g/mol. The second-order valence-electron chi connectivity index (χ2n) is 3.27. The van der Waals surface area contributed by atoms with Gasteiger partial charge in [-0.1, -0.05) is 0 Å². The summed E-state index contributed by atoms with van der Waals surface area (Å²) in [5.74, 6) is -0.793. The average Bonchev–Trinajstić information content (AvgIpc) is 2.96. The zero-order valence-corrected chi connectivity index (χ0v) is 10.9. The van der Waals surface area contributed by atoms with Gasteiger partial charge in [0.25, 0.3) is 5.91 Å². The van der Waals surface area contributed by atoms with Crippen LogP contribution in [-0.2, 0) is 0 Å². The van der Waals surface area contributed by atoms with Crippen molar-refractivity contribution in [2.75, 3.05) is 12.4 Å². The summed E-state index contributed by atoms with van der Waals surface area (Å²) in [5, 5.41) is 15.2. The largest absolute Gasteiger partial charge is 0.496 e. The minimum atomic E-state index is -1.06. The van der Waals surface area contributed by atoms with E-state index in [0.29, 0.717) is 15.6 Å². The third-order valence-corrected chi connectivity index (χ3v) is 3.89. The van der Waals surface area contributed by atoms with E-state index >= 15 is 0 Å². The van der Waals surface area contributed by atoms with E-state index in [0.717, 1.165) is 0 Å². The Morgan fingerprint density at radius 3 is 2.78 bits per heavy atom. The van der Waals surface area contributed by atoms with Gasteiger partial charge < -0.3 is 15.2 Å². The number of amides is 1. The second-order valence-corrected chi connectivity index (χ2v) is 5.10. The first-order valence-corrected chi connectivity index (χ1v) is 6.62. The lowest BCUT2D eigenvalue weighted by Gasteiger charge is -2.01. The molecule has 0 aromatic carbocycles. The number of ether oxygens (including phenoxy) is 1. The van der Waals surface area contributed by atoms with Gasteiger partial charge in [-0.15, -0.1) is 22.7 Å². The van der Waals surface area contributed by atoms with Crippen molar-refractivity contribution >= 4 is 39.6 Å². The average molecular weight is 283 g/mol. The van der Waals surface area contributed by atoms with E-state index in [9.17, 15) is 9.59 Å². The van der Waals surface area contributed by atoms with Crippen LogP contribution in [0.4, 0.5) is 5.00 Å². The van der Waals surface area contributed by atoms with Crippen molar-refractivity contribution in [1.82, 2.24) is 0 Å². The van der Waals surface area contributed by atoms with Crippen LogP contribution in [0.5, 0.6) is 5.75 Å². The van der Waals surface area contributed by atoms with E-state index in [1.807, 2.05) is 0 Å². The van der Waals surface area contributed by atoms with Gasteiger partial charge in [-0.2, -0.15) is 0 Å². The number of carboxylic acids is 1. The Hall–Kier alpha value is -1.86. The van der Waals surface area contributed by atoms with Gasteiger partial charge in [0, 0.05) is 11.4 Å². The Labute approximate surface area is 111 Å². The molecule has 2 aromatic heterocycles. The summed E-state index contributed by atoms with van der Waals surface area (Å²) >= 11 is 2.41. The number of thiophene rings is 2. The van der Waals surface area contributed by atoms with Crippen molar-refractivity contribution in [1.29, 1.82) is 0 Å². The molecule has 2 N–H and O–H groups in total. The Kier molecular flexibility index (Phi) is 3.63. The van der Waals surface area contributed by atoms with Gasteiger partial charge in [-0.3, -0.25) is 4.79 Å². The number of hydrogen-bond acceptors (Lipinski definition) is 5. The van der Waals surface area contributed by atoms with Gasteiger partial charge in [0.1, 0.15) is 10.8 Å². The molecule has 0 atom stereocenters. The predicted octanol–water partition coefficient (Wildman–Crippen LogP) is 2.77. The molecule has 0 unspecified atom stereocenters. The fourth-order valence-corrected chi connectivity index (χ4v) is 2.81. The fourth-order valence-electron chi connectivity index (χ4n) is 1.28. The van der Waals surface area contributed by atoms with Crippen LogP contribution in [-0.4, -0.2) is 24.1 Å². The molecule has 2 aromatic rings. The third-order valence-electron chi connectivity index (χ3n) is 2.16. The molecule has 18 heavy (non-hydrogen) atoms. The van der Waals surface area contributed by atoms with E-state index in [4.69, 9.17) is 9.84 Å². The van der Waals surface area contributed by atoms with Crippen LogP contribution >= 0.6 is 22.7 Å². The van der Waals surface area contributed by atoms with Crippen LogP contribution in [0.3, 0.4) is 0 Å². The molecule has 94 valence electrons. The molecule has 5 nitrogen and oxygen atoms in total. The Bertz CT molecular complexity index is 587. The summed E-state index contributed by atoms with van der Waals surface area (Å²) in [7, 11) is 1.52. The minimum absolute atomic E-state index is 0.0943. The first-order chi connectivity index (χ1) is 8.61. The summed E-state index contributed by atoms with van der Waals surface area (Å²) in [6.45, 7) is 0. The Morgan fingerprint density at radius 1 is 1.39 bits per heavy atom. The number of carbonyl (C=O) groups is 2. The molecule has 0 radical (unpaired) electrons. The molecule has 2 rings (SSSR count). The van der Waals surface area contributed by atoms with Gasteiger partial charge in [-0.05, 0) is 11.4 Å². The Balaban J connectivity index is 2.16. The molecule has 0 saturated heterocycles. The van der Waals surface area contributed by atoms with Crippen molar-refractivity contribution in [3.05, 3.63) is 33.3 Å². The fraction of sp³-hybridized carbons (Fsp3) is 0.0909. The van der Waals surface area contributed by atoms with E-state index < -0.39 is 5.97 Å². The maximum Gasteiger partial charge on any atom is 0.338 e. The molecule has 0 saturated carbocycles. The minimum Gasteiger partial charge on any atom is -0.496 e. The zero-order chi connectivity index (χ0) is 13.1. The van der Waals surface area contributed by atoms with E-state index in [2.05, 4.69) is 5.32 Å². The number of hydrogen-bond donors (Lipinski definition) is 2. The summed E-state index contributed by atoms with van der Waals surface area (Å²) < 4.78 is 4.98. The Morgan fingerprint density at radius 2 is 2.17 bits per heavy atom. The molecule has 2 heterocycles. The number of aromatic carboxylic acids is 1. The maximum atomic E-state index is 11.9. The van der Waals surface area contributed by atoms with Gasteiger partial charge in [-0.25, -0.2) is 4.79 Å². The highest BCUT2D eigenvalue weighted by Gasteiger charge is 2.16. The highest BCUT2D eigenvalue weighted by atomic mass is 32.1. The normalized spacial score (nSPS) is 10.1. The number of anilines is 1. The highest BCUT2D eigenvalue weighted by molar-refractivity contribution is 7.15.